The first-order chi connectivity index (χ1) is 8.88. The topological polar surface area (TPSA) is 72.2 Å². The molecule has 0 aliphatic heterocycles. The Labute approximate surface area is 117 Å². The van der Waals surface area contributed by atoms with Crippen molar-refractivity contribution >= 4 is 33.0 Å². The van der Waals surface area contributed by atoms with E-state index in [9.17, 15) is 8.42 Å². The van der Waals surface area contributed by atoms with Crippen LogP contribution >= 0.6 is 11.6 Å². The van der Waals surface area contributed by atoms with Crippen LogP contribution in [0.5, 0.6) is 0 Å². The molecule has 0 amide bonds. The molecule has 0 aliphatic rings. The predicted molar refractivity (Wildman–Crippen MR) is 77.9 cm³/mol. The number of aryl methyl sites for hydroxylation is 1. The molecule has 3 N–H and O–H groups in total. The first-order valence-electron chi connectivity index (χ1n) is 5.53. The summed E-state index contributed by atoms with van der Waals surface area (Å²) in [7, 11) is -3.67. The first kappa shape index (κ1) is 13.7. The fraction of sp³-hybridized carbons (Fsp3) is 0.0769. The van der Waals surface area contributed by atoms with Gasteiger partial charge >= 0.3 is 0 Å². The van der Waals surface area contributed by atoms with Crippen LogP contribution < -0.4 is 10.5 Å². The van der Waals surface area contributed by atoms with E-state index in [2.05, 4.69) is 4.72 Å². The highest BCUT2D eigenvalue weighted by atomic mass is 35.5. The molecule has 0 fully saturated rings. The average Bonchev–Trinajstić information content (AvgIpc) is 2.33. The van der Waals surface area contributed by atoms with E-state index in [1.807, 2.05) is 0 Å². The second-order valence-corrected chi connectivity index (χ2v) is 6.26. The monoisotopic (exact) mass is 296 g/mol. The predicted octanol–water partition coefficient (Wildman–Crippen LogP) is 3.03. The van der Waals surface area contributed by atoms with Crippen LogP contribution in [-0.2, 0) is 10.0 Å². The van der Waals surface area contributed by atoms with Gasteiger partial charge in [0.2, 0.25) is 0 Å². The molecule has 0 spiro atoms. The molecule has 0 heterocycles. The molecular formula is C13H13ClN2O2S. The zero-order valence-corrected chi connectivity index (χ0v) is 11.8. The van der Waals surface area contributed by atoms with Gasteiger partial charge < -0.3 is 5.73 Å². The summed E-state index contributed by atoms with van der Waals surface area (Å²) in [5.74, 6) is 0. The fourth-order valence-corrected chi connectivity index (χ4v) is 3.01. The smallest absolute Gasteiger partial charge is 0.261 e. The molecule has 2 aromatic rings. The molecule has 2 rings (SSSR count). The Hall–Kier alpha value is -1.72. The number of nitrogen functional groups attached to an aromatic ring is 1. The number of hydrogen-bond donors (Lipinski definition) is 2. The van der Waals surface area contributed by atoms with Crippen LogP contribution in [0.1, 0.15) is 5.56 Å². The molecule has 100 valence electrons. The largest absolute Gasteiger partial charge is 0.399 e. The Bertz CT molecular complexity index is 714. The molecule has 0 bridgehead atoms. The lowest BCUT2D eigenvalue weighted by Crippen LogP contribution is -2.13. The highest BCUT2D eigenvalue weighted by Gasteiger charge is 2.15. The summed E-state index contributed by atoms with van der Waals surface area (Å²) in [6.45, 7) is 1.80. The summed E-state index contributed by atoms with van der Waals surface area (Å²) in [6.07, 6.45) is 0. The first-order valence-corrected chi connectivity index (χ1v) is 7.39. The Kier molecular flexibility index (Phi) is 3.68. The Balaban J connectivity index is 2.39. The minimum absolute atomic E-state index is 0.113. The summed E-state index contributed by atoms with van der Waals surface area (Å²) >= 11 is 5.80. The number of sulfonamides is 1. The van der Waals surface area contributed by atoms with Gasteiger partial charge in [0, 0.05) is 10.7 Å². The quantitative estimate of drug-likeness (QED) is 0.855. The van der Waals surface area contributed by atoms with Gasteiger partial charge in [-0.3, -0.25) is 4.72 Å². The van der Waals surface area contributed by atoms with Crippen LogP contribution in [0.3, 0.4) is 0 Å². The maximum atomic E-state index is 12.2. The number of benzene rings is 2. The second-order valence-electron chi connectivity index (χ2n) is 4.14. The molecule has 6 heteroatoms. The third-order valence-electron chi connectivity index (χ3n) is 2.61. The van der Waals surface area contributed by atoms with Crippen molar-refractivity contribution < 1.29 is 8.42 Å². The van der Waals surface area contributed by atoms with Crippen LogP contribution in [0.4, 0.5) is 11.4 Å². The van der Waals surface area contributed by atoms with Crippen molar-refractivity contribution in [2.24, 2.45) is 0 Å². The van der Waals surface area contributed by atoms with Gasteiger partial charge in [-0.2, -0.15) is 0 Å². The molecule has 0 saturated heterocycles. The van der Waals surface area contributed by atoms with E-state index in [4.69, 9.17) is 17.3 Å². The van der Waals surface area contributed by atoms with E-state index < -0.39 is 10.0 Å². The van der Waals surface area contributed by atoms with E-state index >= 15 is 0 Å². The molecule has 0 atom stereocenters. The van der Waals surface area contributed by atoms with Gasteiger partial charge in [0.25, 0.3) is 10.0 Å². The van der Waals surface area contributed by atoms with Crippen molar-refractivity contribution in [2.75, 3.05) is 10.5 Å². The van der Waals surface area contributed by atoms with Crippen LogP contribution in [0.2, 0.25) is 5.02 Å². The van der Waals surface area contributed by atoms with Crippen molar-refractivity contribution in [2.45, 2.75) is 11.8 Å². The minimum atomic E-state index is -3.67. The normalized spacial score (nSPS) is 11.3. The van der Waals surface area contributed by atoms with E-state index in [1.54, 1.807) is 37.3 Å². The lowest BCUT2D eigenvalue weighted by atomic mass is 10.2. The minimum Gasteiger partial charge on any atom is -0.399 e. The van der Waals surface area contributed by atoms with Crippen LogP contribution in [-0.4, -0.2) is 8.42 Å². The van der Waals surface area contributed by atoms with Crippen molar-refractivity contribution in [3.05, 3.63) is 53.1 Å². The molecule has 0 saturated carbocycles. The van der Waals surface area contributed by atoms with Crippen molar-refractivity contribution in [1.82, 2.24) is 0 Å². The van der Waals surface area contributed by atoms with Crippen molar-refractivity contribution in [3.8, 4) is 0 Å². The van der Waals surface area contributed by atoms with Gasteiger partial charge in [-0.05, 0) is 42.8 Å². The SMILES string of the molecule is Cc1ccc(N)cc1NS(=O)(=O)c1cccc(Cl)c1. The molecule has 19 heavy (non-hydrogen) atoms. The Morgan fingerprint density at radius 1 is 1.16 bits per heavy atom. The van der Waals surface area contributed by atoms with Gasteiger partial charge in [0.05, 0.1) is 10.6 Å². The summed E-state index contributed by atoms with van der Waals surface area (Å²) in [6, 6.07) is 11.1. The fourth-order valence-electron chi connectivity index (χ4n) is 1.59. The maximum Gasteiger partial charge on any atom is 0.261 e. The Morgan fingerprint density at radius 3 is 2.58 bits per heavy atom. The van der Waals surface area contributed by atoms with E-state index in [1.165, 1.54) is 12.1 Å². The van der Waals surface area contributed by atoms with Gasteiger partial charge in [-0.1, -0.05) is 23.7 Å². The third kappa shape index (κ3) is 3.19. The molecule has 0 aromatic heterocycles. The van der Waals surface area contributed by atoms with Crippen LogP contribution in [0, 0.1) is 6.92 Å². The van der Waals surface area contributed by atoms with Gasteiger partial charge in [0.1, 0.15) is 0 Å². The summed E-state index contributed by atoms with van der Waals surface area (Å²) < 4.78 is 26.9. The molecular weight excluding hydrogens is 284 g/mol. The van der Waals surface area contributed by atoms with E-state index in [0.717, 1.165) is 5.56 Å². The summed E-state index contributed by atoms with van der Waals surface area (Å²) in [4.78, 5) is 0.113. The van der Waals surface area contributed by atoms with Crippen LogP contribution in [0.25, 0.3) is 0 Å². The zero-order chi connectivity index (χ0) is 14.0. The molecule has 2 aromatic carbocycles. The highest BCUT2D eigenvalue weighted by Crippen LogP contribution is 2.23. The standard InChI is InChI=1S/C13H13ClN2O2S/c1-9-5-6-11(15)8-13(9)16-19(17,18)12-4-2-3-10(14)7-12/h2-8,16H,15H2,1H3. The number of anilines is 2. The van der Waals surface area contributed by atoms with E-state index in [-0.39, 0.29) is 4.90 Å². The molecule has 0 radical (unpaired) electrons. The second kappa shape index (κ2) is 5.11. The van der Waals surface area contributed by atoms with Crippen molar-refractivity contribution in [3.63, 3.8) is 0 Å². The van der Waals surface area contributed by atoms with E-state index in [0.29, 0.717) is 16.4 Å². The number of rotatable bonds is 3. The van der Waals surface area contributed by atoms with Gasteiger partial charge in [0.15, 0.2) is 0 Å². The van der Waals surface area contributed by atoms with Crippen molar-refractivity contribution in [1.29, 1.82) is 0 Å². The van der Waals surface area contributed by atoms with Crippen LogP contribution in [0.15, 0.2) is 47.4 Å². The number of hydrogen-bond acceptors (Lipinski definition) is 3. The van der Waals surface area contributed by atoms with Gasteiger partial charge in [-0.15, -0.1) is 0 Å². The highest BCUT2D eigenvalue weighted by molar-refractivity contribution is 7.92. The zero-order valence-electron chi connectivity index (χ0n) is 10.2. The number of nitrogens with one attached hydrogen (secondary N) is 1. The summed E-state index contributed by atoms with van der Waals surface area (Å²) in [5.41, 5.74) is 7.40. The number of nitrogens with two attached hydrogens (primary N) is 1. The average molecular weight is 297 g/mol. The lowest BCUT2D eigenvalue weighted by Gasteiger charge is -2.11. The maximum absolute atomic E-state index is 12.2. The molecule has 0 unspecified atom stereocenters. The number of halogens is 1. The third-order valence-corrected chi connectivity index (χ3v) is 4.21. The lowest BCUT2D eigenvalue weighted by molar-refractivity contribution is 0.601. The Morgan fingerprint density at radius 2 is 1.89 bits per heavy atom. The summed E-state index contributed by atoms with van der Waals surface area (Å²) in [5, 5.41) is 0.368. The molecule has 0 aliphatic carbocycles. The van der Waals surface area contributed by atoms with Gasteiger partial charge in [-0.25, -0.2) is 8.42 Å². The molecule has 4 nitrogen and oxygen atoms in total.